The molecule has 45 heavy (non-hydrogen) atoms. The molecule has 8 rings (SSSR count). The minimum Gasteiger partial charge on any atom is -0.310 e. The molecule has 0 bridgehead atoms. The first-order valence-corrected chi connectivity index (χ1v) is 15.7. The van der Waals surface area contributed by atoms with E-state index in [9.17, 15) is 0 Å². The van der Waals surface area contributed by atoms with Crippen molar-refractivity contribution in [3.05, 3.63) is 209 Å². The van der Waals surface area contributed by atoms with Crippen LogP contribution in [0.4, 0.5) is 17.1 Å². The van der Waals surface area contributed by atoms with E-state index in [1.807, 2.05) is 12.1 Å². The maximum atomic E-state index is 6.25. The Bertz CT molecular complexity index is 2060. The Morgan fingerprint density at radius 2 is 0.978 bits per heavy atom. The molecule has 214 valence electrons. The Balaban J connectivity index is 1.46. The van der Waals surface area contributed by atoms with Crippen molar-refractivity contribution in [2.45, 2.75) is 5.41 Å². The number of hydrogen-bond acceptors (Lipinski definition) is 1. The Morgan fingerprint density at radius 1 is 0.422 bits per heavy atom. The number of halogens is 1. The van der Waals surface area contributed by atoms with Crippen LogP contribution in [0.1, 0.15) is 22.3 Å². The Labute approximate surface area is 269 Å². The van der Waals surface area contributed by atoms with Gasteiger partial charge in [0.1, 0.15) is 0 Å². The van der Waals surface area contributed by atoms with Crippen molar-refractivity contribution in [3.8, 4) is 22.3 Å². The van der Waals surface area contributed by atoms with E-state index in [0.717, 1.165) is 33.2 Å². The van der Waals surface area contributed by atoms with Crippen LogP contribution in [-0.4, -0.2) is 0 Å². The van der Waals surface area contributed by atoms with Gasteiger partial charge in [0.25, 0.3) is 0 Å². The SMILES string of the molecule is Clc1ccc(-c2cccc(N(c3ccccc3)c3cccc4c3C(c3ccccc3)(c3ccccc3)c3ccccc3-4)c2)cc1. The van der Waals surface area contributed by atoms with Crippen LogP contribution in [0.2, 0.25) is 5.02 Å². The molecule has 0 amide bonds. The fourth-order valence-corrected chi connectivity index (χ4v) is 7.26. The highest BCUT2D eigenvalue weighted by molar-refractivity contribution is 6.30. The number of nitrogens with zero attached hydrogens (tertiary/aromatic N) is 1. The van der Waals surface area contributed by atoms with Gasteiger partial charge in [-0.05, 0) is 81.4 Å². The number of anilines is 3. The molecular weight excluding hydrogens is 566 g/mol. The zero-order valence-corrected chi connectivity index (χ0v) is 25.4. The summed E-state index contributed by atoms with van der Waals surface area (Å²) in [7, 11) is 0. The van der Waals surface area contributed by atoms with E-state index in [2.05, 4.69) is 175 Å². The Morgan fingerprint density at radius 3 is 1.67 bits per heavy atom. The van der Waals surface area contributed by atoms with Crippen molar-refractivity contribution in [1.29, 1.82) is 0 Å². The number of para-hydroxylation sites is 1. The summed E-state index contributed by atoms with van der Waals surface area (Å²) in [5.74, 6) is 0. The van der Waals surface area contributed by atoms with Crippen LogP contribution in [0.25, 0.3) is 22.3 Å². The highest BCUT2D eigenvalue weighted by Gasteiger charge is 2.48. The molecule has 0 N–H and O–H groups in total. The smallest absolute Gasteiger partial charge is 0.0734 e. The van der Waals surface area contributed by atoms with Crippen LogP contribution >= 0.6 is 11.6 Å². The summed E-state index contributed by atoms with van der Waals surface area (Å²) in [5.41, 5.74) is 12.7. The minimum absolute atomic E-state index is 0.522. The first-order chi connectivity index (χ1) is 22.2. The van der Waals surface area contributed by atoms with Gasteiger partial charge < -0.3 is 4.90 Å². The van der Waals surface area contributed by atoms with Crippen LogP contribution < -0.4 is 4.90 Å². The van der Waals surface area contributed by atoms with Crippen molar-refractivity contribution in [1.82, 2.24) is 0 Å². The first-order valence-electron chi connectivity index (χ1n) is 15.3. The minimum atomic E-state index is -0.522. The monoisotopic (exact) mass is 595 g/mol. The van der Waals surface area contributed by atoms with E-state index in [-0.39, 0.29) is 0 Å². The molecule has 2 heteroatoms. The molecule has 0 spiro atoms. The van der Waals surface area contributed by atoms with Gasteiger partial charge in [0.2, 0.25) is 0 Å². The Kier molecular flexibility index (Phi) is 6.82. The highest BCUT2D eigenvalue weighted by Crippen LogP contribution is 2.60. The summed E-state index contributed by atoms with van der Waals surface area (Å²) in [6.07, 6.45) is 0. The quantitative estimate of drug-likeness (QED) is 0.185. The van der Waals surface area contributed by atoms with Gasteiger partial charge in [-0.15, -0.1) is 0 Å². The molecule has 0 atom stereocenters. The third kappa shape index (κ3) is 4.47. The van der Waals surface area contributed by atoms with Gasteiger partial charge in [0, 0.05) is 22.0 Å². The molecule has 0 radical (unpaired) electrons. The zero-order valence-electron chi connectivity index (χ0n) is 24.6. The number of rotatable bonds is 6. The van der Waals surface area contributed by atoms with E-state index in [0.29, 0.717) is 0 Å². The number of fused-ring (bicyclic) bond motifs is 3. The topological polar surface area (TPSA) is 3.24 Å². The van der Waals surface area contributed by atoms with E-state index < -0.39 is 5.41 Å². The Hall–Kier alpha value is -5.37. The van der Waals surface area contributed by atoms with E-state index in [4.69, 9.17) is 11.6 Å². The lowest BCUT2D eigenvalue weighted by molar-refractivity contribution is 0.768. The van der Waals surface area contributed by atoms with Crippen molar-refractivity contribution in [2.75, 3.05) is 4.90 Å². The fraction of sp³-hybridized carbons (Fsp3) is 0.0233. The van der Waals surface area contributed by atoms with Crippen molar-refractivity contribution in [3.63, 3.8) is 0 Å². The van der Waals surface area contributed by atoms with E-state index in [1.165, 1.54) is 33.4 Å². The average Bonchev–Trinajstić information content (AvgIpc) is 3.42. The summed E-state index contributed by atoms with van der Waals surface area (Å²) in [6.45, 7) is 0. The molecule has 0 saturated carbocycles. The number of hydrogen-bond donors (Lipinski definition) is 0. The van der Waals surface area contributed by atoms with Gasteiger partial charge in [-0.2, -0.15) is 0 Å². The van der Waals surface area contributed by atoms with Gasteiger partial charge >= 0.3 is 0 Å². The predicted molar refractivity (Wildman–Crippen MR) is 189 cm³/mol. The molecule has 0 aliphatic heterocycles. The second kappa shape index (κ2) is 11.3. The molecule has 0 fully saturated rings. The molecule has 1 nitrogen and oxygen atoms in total. The molecule has 7 aromatic rings. The van der Waals surface area contributed by atoms with E-state index >= 15 is 0 Å². The van der Waals surface area contributed by atoms with Crippen LogP contribution in [0.5, 0.6) is 0 Å². The van der Waals surface area contributed by atoms with E-state index in [1.54, 1.807) is 0 Å². The summed E-state index contributed by atoms with van der Waals surface area (Å²) in [4.78, 5) is 2.42. The highest BCUT2D eigenvalue weighted by atomic mass is 35.5. The fourth-order valence-electron chi connectivity index (χ4n) is 7.14. The maximum Gasteiger partial charge on any atom is 0.0734 e. The van der Waals surface area contributed by atoms with Gasteiger partial charge in [0.15, 0.2) is 0 Å². The summed E-state index contributed by atoms with van der Waals surface area (Å²) >= 11 is 6.25. The summed E-state index contributed by atoms with van der Waals surface area (Å²) < 4.78 is 0. The molecule has 0 saturated heterocycles. The molecule has 0 heterocycles. The third-order valence-corrected chi connectivity index (χ3v) is 9.24. The molecule has 7 aromatic carbocycles. The standard InChI is InChI=1S/C43H30ClN/c44-35-28-26-31(27-29-35)32-14-12-21-37(30-32)45(36-19-8-3-9-20-36)41-25-13-23-39-38-22-10-11-24-40(38)43(42(39)41,33-15-4-1-5-16-33)34-17-6-2-7-18-34/h1-30H. The molecule has 1 aliphatic rings. The number of benzene rings is 7. The van der Waals surface area contributed by atoms with Crippen molar-refractivity contribution in [2.24, 2.45) is 0 Å². The van der Waals surface area contributed by atoms with Crippen LogP contribution in [0.3, 0.4) is 0 Å². The largest absolute Gasteiger partial charge is 0.310 e. The second-order valence-corrected chi connectivity index (χ2v) is 11.9. The zero-order chi connectivity index (χ0) is 30.2. The van der Waals surface area contributed by atoms with Crippen molar-refractivity contribution < 1.29 is 0 Å². The third-order valence-electron chi connectivity index (χ3n) is 8.99. The molecular formula is C43H30ClN. The van der Waals surface area contributed by atoms with Gasteiger partial charge in [-0.25, -0.2) is 0 Å². The second-order valence-electron chi connectivity index (χ2n) is 11.5. The first kappa shape index (κ1) is 27.2. The maximum absolute atomic E-state index is 6.25. The lowest BCUT2D eigenvalue weighted by Crippen LogP contribution is -2.30. The normalized spacial score (nSPS) is 12.7. The molecule has 0 aromatic heterocycles. The summed E-state index contributed by atoms with van der Waals surface area (Å²) in [5, 5.41) is 0.735. The predicted octanol–water partition coefficient (Wildman–Crippen LogP) is 11.8. The van der Waals surface area contributed by atoms with Gasteiger partial charge in [0.05, 0.1) is 11.1 Å². The average molecular weight is 596 g/mol. The van der Waals surface area contributed by atoms with Crippen LogP contribution in [0, 0.1) is 0 Å². The lowest BCUT2D eigenvalue weighted by Gasteiger charge is -2.38. The van der Waals surface area contributed by atoms with Gasteiger partial charge in [-0.1, -0.05) is 151 Å². The molecule has 0 unspecified atom stereocenters. The van der Waals surface area contributed by atoms with Crippen LogP contribution in [0.15, 0.2) is 182 Å². The van der Waals surface area contributed by atoms with Crippen LogP contribution in [-0.2, 0) is 5.41 Å². The molecule has 1 aliphatic carbocycles. The van der Waals surface area contributed by atoms with Gasteiger partial charge in [-0.3, -0.25) is 0 Å². The van der Waals surface area contributed by atoms with Crippen molar-refractivity contribution >= 4 is 28.7 Å². The summed E-state index contributed by atoms with van der Waals surface area (Å²) in [6, 6.07) is 65.3. The lowest BCUT2D eigenvalue weighted by atomic mass is 9.67.